The first kappa shape index (κ1) is 17.5. The first-order valence-electron chi connectivity index (χ1n) is 8.72. The van der Waals surface area contributed by atoms with Crippen molar-refractivity contribution in [3.05, 3.63) is 72.6 Å². The van der Waals surface area contributed by atoms with Crippen molar-refractivity contribution in [2.24, 2.45) is 0 Å². The molecule has 4 rings (SSSR count). The fourth-order valence-corrected chi connectivity index (χ4v) is 2.75. The van der Waals surface area contributed by atoms with E-state index in [1.807, 2.05) is 30.3 Å². The lowest BCUT2D eigenvalue weighted by atomic mass is 10.2. The number of benzene rings is 2. The van der Waals surface area contributed by atoms with Crippen LogP contribution in [0.3, 0.4) is 0 Å². The van der Waals surface area contributed by atoms with Gasteiger partial charge in [-0.15, -0.1) is 0 Å². The van der Waals surface area contributed by atoms with Crippen molar-refractivity contribution in [3.63, 3.8) is 0 Å². The molecule has 0 aliphatic carbocycles. The molecular formula is C21H17N3O4. The number of anilines is 2. The van der Waals surface area contributed by atoms with Crippen LogP contribution in [0.5, 0.6) is 17.2 Å². The van der Waals surface area contributed by atoms with Gasteiger partial charge in [-0.3, -0.25) is 14.6 Å². The standard InChI is InChI=1S/C21H17N3O4/c25-19(24-15-4-2-1-3-5-15)13-23-14-6-8-16(9-7-14)27-18-10-11-22-17-12-20(26)28-21(17)18/h1-11,23H,12-13H2,(H,24,25). The molecule has 1 aliphatic rings. The second-order valence-corrected chi connectivity index (χ2v) is 6.13. The Bertz CT molecular complexity index is 1000. The summed E-state index contributed by atoms with van der Waals surface area (Å²) in [5.74, 6) is 0.911. The summed E-state index contributed by atoms with van der Waals surface area (Å²) in [6, 6.07) is 18.1. The van der Waals surface area contributed by atoms with Gasteiger partial charge in [0.05, 0.1) is 18.7 Å². The zero-order chi connectivity index (χ0) is 19.3. The Balaban J connectivity index is 1.34. The lowest BCUT2D eigenvalue weighted by molar-refractivity contribution is -0.132. The van der Waals surface area contributed by atoms with Crippen LogP contribution in [0, 0.1) is 0 Å². The number of para-hydroxylation sites is 1. The zero-order valence-corrected chi connectivity index (χ0v) is 14.8. The van der Waals surface area contributed by atoms with Crippen molar-refractivity contribution in [2.75, 3.05) is 17.2 Å². The molecule has 1 aromatic heterocycles. The number of nitrogens with one attached hydrogen (secondary N) is 2. The van der Waals surface area contributed by atoms with Crippen LogP contribution in [0.2, 0.25) is 0 Å². The Morgan fingerprint density at radius 3 is 2.61 bits per heavy atom. The van der Waals surface area contributed by atoms with Crippen LogP contribution >= 0.6 is 0 Å². The number of rotatable bonds is 6. The molecule has 0 radical (unpaired) electrons. The number of amides is 1. The number of nitrogens with zero attached hydrogens (tertiary/aromatic N) is 1. The molecule has 0 saturated carbocycles. The van der Waals surface area contributed by atoms with E-state index in [4.69, 9.17) is 9.47 Å². The summed E-state index contributed by atoms with van der Waals surface area (Å²) in [7, 11) is 0. The Labute approximate surface area is 161 Å². The summed E-state index contributed by atoms with van der Waals surface area (Å²) in [6.45, 7) is 0.142. The highest BCUT2D eigenvalue weighted by atomic mass is 16.6. The van der Waals surface area contributed by atoms with Crippen LogP contribution in [0.25, 0.3) is 0 Å². The molecule has 0 spiro atoms. The largest absolute Gasteiger partial charge is 0.453 e. The maximum atomic E-state index is 12.0. The normalized spacial score (nSPS) is 12.1. The Hall–Kier alpha value is -3.87. The summed E-state index contributed by atoms with van der Waals surface area (Å²) in [6.07, 6.45) is 1.73. The van der Waals surface area contributed by atoms with E-state index in [0.29, 0.717) is 22.9 Å². The molecule has 7 nitrogen and oxygen atoms in total. The van der Waals surface area contributed by atoms with Gasteiger partial charge in [-0.1, -0.05) is 18.2 Å². The fraction of sp³-hybridized carbons (Fsp3) is 0.0952. The van der Waals surface area contributed by atoms with Crippen LogP contribution < -0.4 is 20.1 Å². The fourth-order valence-electron chi connectivity index (χ4n) is 2.75. The van der Waals surface area contributed by atoms with E-state index in [1.54, 1.807) is 36.5 Å². The number of hydrogen-bond donors (Lipinski definition) is 2. The number of esters is 1. The van der Waals surface area contributed by atoms with Gasteiger partial charge in [0, 0.05) is 23.6 Å². The molecular weight excluding hydrogens is 358 g/mol. The average Bonchev–Trinajstić information content (AvgIpc) is 3.09. The van der Waals surface area contributed by atoms with E-state index in [1.165, 1.54) is 0 Å². The first-order chi connectivity index (χ1) is 13.7. The summed E-state index contributed by atoms with van der Waals surface area (Å²) in [5, 5.41) is 5.87. The van der Waals surface area contributed by atoms with Gasteiger partial charge < -0.3 is 20.1 Å². The van der Waals surface area contributed by atoms with Crippen LogP contribution in [-0.4, -0.2) is 23.4 Å². The molecule has 2 heterocycles. The molecule has 0 unspecified atom stereocenters. The maximum Gasteiger partial charge on any atom is 0.317 e. The van der Waals surface area contributed by atoms with Gasteiger partial charge >= 0.3 is 5.97 Å². The molecule has 7 heteroatoms. The van der Waals surface area contributed by atoms with Gasteiger partial charge in [0.15, 0.2) is 11.5 Å². The minimum absolute atomic E-state index is 0.138. The number of ether oxygens (including phenoxy) is 2. The third-order valence-corrected chi connectivity index (χ3v) is 4.06. The molecule has 1 amide bonds. The molecule has 2 N–H and O–H groups in total. The van der Waals surface area contributed by atoms with Crippen LogP contribution in [-0.2, 0) is 16.0 Å². The monoisotopic (exact) mass is 375 g/mol. The van der Waals surface area contributed by atoms with E-state index >= 15 is 0 Å². The van der Waals surface area contributed by atoms with Gasteiger partial charge in [0.2, 0.25) is 5.91 Å². The van der Waals surface area contributed by atoms with Crippen molar-refractivity contribution < 1.29 is 19.1 Å². The number of pyridine rings is 1. The van der Waals surface area contributed by atoms with E-state index in [-0.39, 0.29) is 24.8 Å². The lowest BCUT2D eigenvalue weighted by Gasteiger charge is -2.10. The second-order valence-electron chi connectivity index (χ2n) is 6.13. The summed E-state index contributed by atoms with van der Waals surface area (Å²) in [4.78, 5) is 27.5. The minimum atomic E-state index is -0.341. The summed E-state index contributed by atoms with van der Waals surface area (Å²) in [5.41, 5.74) is 2.11. The molecule has 2 aromatic carbocycles. The van der Waals surface area contributed by atoms with E-state index in [9.17, 15) is 9.59 Å². The molecule has 28 heavy (non-hydrogen) atoms. The number of aromatic nitrogens is 1. The van der Waals surface area contributed by atoms with Crippen molar-refractivity contribution in [1.82, 2.24) is 4.98 Å². The topological polar surface area (TPSA) is 89.6 Å². The third-order valence-electron chi connectivity index (χ3n) is 4.06. The Morgan fingerprint density at radius 1 is 1.04 bits per heavy atom. The first-order valence-corrected chi connectivity index (χ1v) is 8.72. The minimum Gasteiger partial charge on any atom is -0.453 e. The van der Waals surface area contributed by atoms with E-state index in [2.05, 4.69) is 15.6 Å². The predicted octanol–water partition coefficient (Wildman–Crippen LogP) is 3.39. The van der Waals surface area contributed by atoms with Gasteiger partial charge in [-0.2, -0.15) is 0 Å². The predicted molar refractivity (Wildman–Crippen MR) is 104 cm³/mol. The van der Waals surface area contributed by atoms with Crippen molar-refractivity contribution in [2.45, 2.75) is 6.42 Å². The molecule has 1 aliphatic heterocycles. The molecule has 0 saturated heterocycles. The van der Waals surface area contributed by atoms with Crippen molar-refractivity contribution in [3.8, 4) is 17.2 Å². The van der Waals surface area contributed by atoms with Crippen molar-refractivity contribution >= 4 is 23.3 Å². The number of fused-ring (bicyclic) bond motifs is 1. The highest BCUT2D eigenvalue weighted by Gasteiger charge is 2.25. The lowest BCUT2D eigenvalue weighted by Crippen LogP contribution is -2.21. The van der Waals surface area contributed by atoms with Gasteiger partial charge in [0.1, 0.15) is 5.75 Å². The Kier molecular flexibility index (Phi) is 4.88. The highest BCUT2D eigenvalue weighted by Crippen LogP contribution is 2.37. The summed E-state index contributed by atoms with van der Waals surface area (Å²) >= 11 is 0. The Morgan fingerprint density at radius 2 is 1.82 bits per heavy atom. The smallest absolute Gasteiger partial charge is 0.317 e. The SMILES string of the molecule is O=C(CNc1ccc(Oc2ccnc3c2OC(=O)C3)cc1)Nc1ccccc1. The highest BCUT2D eigenvalue weighted by molar-refractivity contribution is 5.93. The number of carbonyl (C=O) groups excluding carboxylic acids is 2. The molecule has 0 atom stereocenters. The molecule has 3 aromatic rings. The average molecular weight is 375 g/mol. The van der Waals surface area contributed by atoms with Gasteiger partial charge in [-0.05, 0) is 36.4 Å². The van der Waals surface area contributed by atoms with Crippen LogP contribution in [0.4, 0.5) is 11.4 Å². The van der Waals surface area contributed by atoms with Crippen LogP contribution in [0.15, 0.2) is 66.9 Å². The van der Waals surface area contributed by atoms with Gasteiger partial charge in [0.25, 0.3) is 0 Å². The number of hydrogen-bond acceptors (Lipinski definition) is 6. The molecule has 0 bridgehead atoms. The quantitative estimate of drug-likeness (QED) is 0.642. The van der Waals surface area contributed by atoms with Gasteiger partial charge in [-0.25, -0.2) is 0 Å². The van der Waals surface area contributed by atoms with Crippen LogP contribution in [0.1, 0.15) is 5.69 Å². The summed E-state index contributed by atoms with van der Waals surface area (Å²) < 4.78 is 11.0. The molecule has 0 fully saturated rings. The molecule has 140 valence electrons. The van der Waals surface area contributed by atoms with Crippen molar-refractivity contribution in [1.29, 1.82) is 0 Å². The second kappa shape index (κ2) is 7.79. The van der Waals surface area contributed by atoms with E-state index in [0.717, 1.165) is 11.4 Å². The zero-order valence-electron chi connectivity index (χ0n) is 14.8. The maximum absolute atomic E-state index is 12.0. The third kappa shape index (κ3) is 4.09. The number of carbonyl (C=O) groups is 2. The van der Waals surface area contributed by atoms with E-state index < -0.39 is 0 Å².